The lowest BCUT2D eigenvalue weighted by molar-refractivity contribution is -0.145. The van der Waals surface area contributed by atoms with Crippen LogP contribution in [0.15, 0.2) is 12.2 Å². The first kappa shape index (κ1) is 20.8. The molecule has 4 nitrogen and oxygen atoms in total. The number of rotatable bonds is 13. The second-order valence-electron chi connectivity index (χ2n) is 5.14. The summed E-state index contributed by atoms with van der Waals surface area (Å²) in [4.78, 5) is 11.3. The number of carbonyl (C=O) groups is 1. The minimum atomic E-state index is -0.356. The van der Waals surface area contributed by atoms with Crippen LogP contribution < -0.4 is 5.32 Å². The fraction of sp³-hybridized carbons (Fsp3) is 0.800. The third-order valence-electron chi connectivity index (χ3n) is 2.48. The highest BCUT2D eigenvalue weighted by molar-refractivity contribution is 8.00. The first-order chi connectivity index (χ1) is 9.97. The number of thioether (sulfide) groups is 2. The number of nitrogens with one attached hydrogen (secondary N) is 1. The highest BCUT2D eigenvalue weighted by Gasteiger charge is 2.10. The molecule has 0 amide bonds. The summed E-state index contributed by atoms with van der Waals surface area (Å²) in [6.07, 6.45) is -0.232. The van der Waals surface area contributed by atoms with E-state index in [1.54, 1.807) is 18.7 Å². The molecular weight excluding hydrogens is 306 g/mol. The van der Waals surface area contributed by atoms with Crippen LogP contribution in [0.1, 0.15) is 20.8 Å². The Hall–Kier alpha value is -0.170. The van der Waals surface area contributed by atoms with E-state index in [9.17, 15) is 4.79 Å². The summed E-state index contributed by atoms with van der Waals surface area (Å²) < 4.78 is 10.6. The summed E-state index contributed by atoms with van der Waals surface area (Å²) in [5, 5.41) is 3.14. The van der Waals surface area contributed by atoms with Crippen molar-refractivity contribution in [2.75, 3.05) is 43.4 Å². The van der Waals surface area contributed by atoms with Crippen LogP contribution >= 0.6 is 23.5 Å². The smallest absolute Gasteiger partial charge is 0.333 e. The number of esters is 1. The average molecular weight is 336 g/mol. The Morgan fingerprint density at radius 3 is 2.57 bits per heavy atom. The first-order valence-electron chi connectivity index (χ1n) is 7.21. The molecule has 0 bridgehead atoms. The van der Waals surface area contributed by atoms with Crippen molar-refractivity contribution in [3.05, 3.63) is 12.2 Å². The van der Waals surface area contributed by atoms with E-state index in [1.807, 2.05) is 25.7 Å². The molecule has 2 unspecified atom stereocenters. The molecule has 0 saturated heterocycles. The molecule has 0 rings (SSSR count). The van der Waals surface area contributed by atoms with Crippen molar-refractivity contribution in [3.8, 4) is 0 Å². The van der Waals surface area contributed by atoms with Crippen LogP contribution in [0.5, 0.6) is 0 Å². The Balaban J connectivity index is 3.46. The minimum absolute atomic E-state index is 0.232. The monoisotopic (exact) mass is 335 g/mol. The first-order valence-corrected chi connectivity index (χ1v) is 9.52. The van der Waals surface area contributed by atoms with E-state index < -0.39 is 0 Å². The molecule has 0 aromatic heterocycles. The van der Waals surface area contributed by atoms with Gasteiger partial charge in [-0.1, -0.05) is 13.5 Å². The average Bonchev–Trinajstić information content (AvgIpc) is 2.43. The molecular formula is C15H29NO3S2. The Labute approximate surface area is 137 Å². The highest BCUT2D eigenvalue weighted by Crippen LogP contribution is 2.14. The Bertz CT molecular complexity index is 301. The molecule has 0 spiro atoms. The van der Waals surface area contributed by atoms with Gasteiger partial charge in [-0.15, -0.1) is 11.8 Å². The third kappa shape index (κ3) is 13.2. The summed E-state index contributed by atoms with van der Waals surface area (Å²) in [5.74, 6) is 4.40. The quantitative estimate of drug-likeness (QED) is 0.242. The van der Waals surface area contributed by atoms with Gasteiger partial charge in [0.25, 0.3) is 0 Å². The van der Waals surface area contributed by atoms with Crippen molar-refractivity contribution in [2.24, 2.45) is 5.92 Å². The molecule has 2 atom stereocenters. The van der Waals surface area contributed by atoms with Gasteiger partial charge in [0.1, 0.15) is 6.10 Å². The summed E-state index contributed by atoms with van der Waals surface area (Å²) in [6.45, 7) is 10.8. The lowest BCUT2D eigenvalue weighted by Crippen LogP contribution is -2.20. The Kier molecular flexibility index (Phi) is 13.4. The van der Waals surface area contributed by atoms with Gasteiger partial charge in [0, 0.05) is 17.9 Å². The van der Waals surface area contributed by atoms with Crippen molar-refractivity contribution >= 4 is 29.5 Å². The molecule has 0 radical (unpaired) electrons. The van der Waals surface area contributed by atoms with E-state index in [2.05, 4.69) is 18.8 Å². The second kappa shape index (κ2) is 13.5. The summed E-state index contributed by atoms with van der Waals surface area (Å²) in [6, 6.07) is 0. The van der Waals surface area contributed by atoms with E-state index >= 15 is 0 Å². The molecule has 1 N–H and O–H groups in total. The van der Waals surface area contributed by atoms with Gasteiger partial charge >= 0.3 is 5.97 Å². The summed E-state index contributed by atoms with van der Waals surface area (Å²) in [5.41, 5.74) is 0.417. The van der Waals surface area contributed by atoms with Crippen LogP contribution in [-0.4, -0.2) is 55.5 Å². The molecule has 0 saturated carbocycles. The van der Waals surface area contributed by atoms with Crippen molar-refractivity contribution in [1.82, 2.24) is 5.32 Å². The number of carbonyl (C=O) groups excluding carboxylic acids is 1. The fourth-order valence-corrected chi connectivity index (χ4v) is 3.36. The lowest BCUT2D eigenvalue weighted by Gasteiger charge is -2.14. The van der Waals surface area contributed by atoms with Crippen molar-refractivity contribution < 1.29 is 14.3 Å². The van der Waals surface area contributed by atoms with E-state index in [0.29, 0.717) is 24.0 Å². The molecule has 0 fully saturated rings. The maximum absolute atomic E-state index is 11.3. The largest absolute Gasteiger partial charge is 0.457 e. The van der Waals surface area contributed by atoms with Gasteiger partial charge in [0.15, 0.2) is 0 Å². The minimum Gasteiger partial charge on any atom is -0.457 e. The molecule has 0 aromatic rings. The van der Waals surface area contributed by atoms with E-state index in [4.69, 9.17) is 9.47 Å². The lowest BCUT2D eigenvalue weighted by atomic mass is 10.3. The normalized spacial score (nSPS) is 13.7. The van der Waals surface area contributed by atoms with Crippen LogP contribution in [0.25, 0.3) is 0 Å². The summed E-state index contributed by atoms with van der Waals surface area (Å²) in [7, 11) is 1.98. The van der Waals surface area contributed by atoms with Crippen LogP contribution in [0.3, 0.4) is 0 Å². The number of ether oxygens (including phenoxy) is 2. The van der Waals surface area contributed by atoms with Gasteiger partial charge in [0.05, 0.1) is 12.5 Å². The van der Waals surface area contributed by atoms with Crippen molar-refractivity contribution in [3.63, 3.8) is 0 Å². The van der Waals surface area contributed by atoms with Gasteiger partial charge in [-0.25, -0.2) is 4.79 Å². The Morgan fingerprint density at radius 2 is 1.95 bits per heavy atom. The Morgan fingerprint density at radius 1 is 1.29 bits per heavy atom. The van der Waals surface area contributed by atoms with Gasteiger partial charge in [-0.2, -0.15) is 11.8 Å². The zero-order valence-electron chi connectivity index (χ0n) is 13.6. The SMILES string of the molecule is C=C(C)C(=O)OC(C)COCSCC(C)CSCCNC. The van der Waals surface area contributed by atoms with Gasteiger partial charge in [0.2, 0.25) is 0 Å². The maximum atomic E-state index is 11.3. The highest BCUT2D eigenvalue weighted by atomic mass is 32.2. The van der Waals surface area contributed by atoms with Crippen molar-refractivity contribution in [1.29, 1.82) is 0 Å². The predicted molar refractivity (Wildman–Crippen MR) is 94.1 cm³/mol. The van der Waals surface area contributed by atoms with Crippen molar-refractivity contribution in [2.45, 2.75) is 26.9 Å². The maximum Gasteiger partial charge on any atom is 0.333 e. The molecule has 0 aliphatic carbocycles. The molecule has 6 heteroatoms. The van der Waals surface area contributed by atoms with Crippen LogP contribution in [-0.2, 0) is 14.3 Å². The van der Waals surface area contributed by atoms with Gasteiger partial charge in [-0.05, 0) is 38.3 Å². The van der Waals surface area contributed by atoms with Crippen LogP contribution in [0, 0.1) is 5.92 Å². The molecule has 0 aliphatic heterocycles. The van der Waals surface area contributed by atoms with E-state index in [-0.39, 0.29) is 12.1 Å². The molecule has 0 heterocycles. The molecule has 0 aliphatic rings. The second-order valence-corrected chi connectivity index (χ2v) is 7.27. The standard InChI is InChI=1S/C15H29NO3S2/c1-12(2)15(17)19-14(4)8-18-11-21-10-13(3)9-20-7-6-16-5/h13-14,16H,1,6-11H2,2-5H3. The number of hydrogen-bond acceptors (Lipinski definition) is 6. The zero-order chi connectivity index (χ0) is 16.1. The number of hydrogen-bond donors (Lipinski definition) is 1. The zero-order valence-corrected chi connectivity index (χ0v) is 15.3. The van der Waals surface area contributed by atoms with E-state index in [1.165, 1.54) is 5.75 Å². The molecule has 21 heavy (non-hydrogen) atoms. The van der Waals surface area contributed by atoms with E-state index in [0.717, 1.165) is 18.1 Å². The summed E-state index contributed by atoms with van der Waals surface area (Å²) >= 11 is 3.76. The molecule has 124 valence electrons. The fourth-order valence-electron chi connectivity index (χ4n) is 1.35. The molecule has 0 aromatic carbocycles. The van der Waals surface area contributed by atoms with Crippen LogP contribution in [0.4, 0.5) is 0 Å². The van der Waals surface area contributed by atoms with Gasteiger partial charge < -0.3 is 14.8 Å². The van der Waals surface area contributed by atoms with Gasteiger partial charge in [-0.3, -0.25) is 0 Å². The topological polar surface area (TPSA) is 47.6 Å². The predicted octanol–water partition coefficient (Wildman–Crippen LogP) is 2.79. The van der Waals surface area contributed by atoms with Crippen LogP contribution in [0.2, 0.25) is 0 Å². The third-order valence-corrected chi connectivity index (χ3v) is 4.91.